The Bertz CT molecular complexity index is 781. The van der Waals surface area contributed by atoms with Gasteiger partial charge < -0.3 is 9.84 Å². The van der Waals surface area contributed by atoms with Gasteiger partial charge in [0.15, 0.2) is 0 Å². The van der Waals surface area contributed by atoms with E-state index in [1.54, 1.807) is 0 Å². The monoisotopic (exact) mass is 422 g/mol. The second-order valence-electron chi connectivity index (χ2n) is 10.1. The normalized spacial score (nSPS) is 19.7. The number of aliphatic hydroxyl groups excluding tert-OH is 1. The fourth-order valence-corrected chi connectivity index (χ4v) is 4.91. The molecule has 1 aliphatic carbocycles. The van der Waals surface area contributed by atoms with Crippen LogP contribution in [-0.4, -0.2) is 11.2 Å². The van der Waals surface area contributed by atoms with E-state index >= 15 is 0 Å². The molecule has 0 saturated heterocycles. The topological polar surface area (TPSA) is 29.5 Å². The van der Waals surface area contributed by atoms with Crippen LogP contribution in [0.1, 0.15) is 108 Å². The van der Waals surface area contributed by atoms with Crippen molar-refractivity contribution in [2.45, 2.75) is 109 Å². The van der Waals surface area contributed by atoms with Gasteiger partial charge in [0.05, 0.1) is 6.10 Å². The number of hydrogen-bond donors (Lipinski definition) is 1. The highest BCUT2D eigenvalue weighted by Gasteiger charge is 2.26. The zero-order valence-electron chi connectivity index (χ0n) is 19.9. The lowest BCUT2D eigenvalue weighted by Gasteiger charge is -2.28. The molecule has 3 rings (SSSR count). The highest BCUT2D eigenvalue weighted by atomic mass is 16.5. The molecule has 2 aromatic rings. The van der Waals surface area contributed by atoms with Gasteiger partial charge in [-0.05, 0) is 59.8 Å². The van der Waals surface area contributed by atoms with Crippen molar-refractivity contribution in [3.8, 4) is 5.75 Å². The highest BCUT2D eigenvalue weighted by Crippen LogP contribution is 2.40. The van der Waals surface area contributed by atoms with Gasteiger partial charge in [0.25, 0.3) is 0 Å². The van der Waals surface area contributed by atoms with E-state index in [9.17, 15) is 5.11 Å². The fourth-order valence-electron chi connectivity index (χ4n) is 4.91. The Balaban J connectivity index is 1.83. The van der Waals surface area contributed by atoms with Crippen LogP contribution in [0.3, 0.4) is 0 Å². The Morgan fingerprint density at radius 1 is 0.968 bits per heavy atom. The Hall–Kier alpha value is -1.80. The first-order chi connectivity index (χ1) is 15.0. The molecule has 0 spiro atoms. The third-order valence-corrected chi connectivity index (χ3v) is 7.02. The zero-order valence-corrected chi connectivity index (χ0v) is 19.9. The standard InChI is InChI=1S/C29H42O2/c1-4-5-6-12-19-29(2,3)25-17-18-27(24-15-10-11-16-26(30)20-24)28(21-25)31-22-23-13-8-7-9-14-23/h7-9,13-14,17-18,21,24,26,30H,4-6,10-12,15-16,19-20,22H2,1-3H3/t24-,26+/m1/s1. The number of aliphatic hydroxyl groups is 1. The summed E-state index contributed by atoms with van der Waals surface area (Å²) in [5.74, 6) is 1.40. The first kappa shape index (κ1) is 23.9. The molecule has 0 aliphatic heterocycles. The average Bonchev–Trinajstić information content (AvgIpc) is 3.00. The van der Waals surface area contributed by atoms with Gasteiger partial charge in [0.1, 0.15) is 12.4 Å². The summed E-state index contributed by atoms with van der Waals surface area (Å²) in [6, 6.07) is 17.3. The van der Waals surface area contributed by atoms with E-state index < -0.39 is 0 Å². The first-order valence-electron chi connectivity index (χ1n) is 12.5. The molecule has 1 saturated carbocycles. The molecule has 0 amide bonds. The molecular weight excluding hydrogens is 380 g/mol. The second kappa shape index (κ2) is 11.7. The lowest BCUT2D eigenvalue weighted by Crippen LogP contribution is -2.18. The van der Waals surface area contributed by atoms with E-state index in [0.29, 0.717) is 12.5 Å². The Kier molecular flexibility index (Phi) is 9.02. The number of ether oxygens (including phenoxy) is 1. The quantitative estimate of drug-likeness (QED) is 0.311. The van der Waals surface area contributed by atoms with Crippen LogP contribution in [-0.2, 0) is 12.0 Å². The van der Waals surface area contributed by atoms with Crippen molar-refractivity contribution in [2.75, 3.05) is 0 Å². The van der Waals surface area contributed by atoms with Gasteiger partial charge in [-0.1, -0.05) is 102 Å². The van der Waals surface area contributed by atoms with Crippen molar-refractivity contribution in [3.63, 3.8) is 0 Å². The predicted octanol–water partition coefficient (Wildman–Crippen LogP) is 7.92. The van der Waals surface area contributed by atoms with Crippen molar-refractivity contribution in [1.29, 1.82) is 0 Å². The smallest absolute Gasteiger partial charge is 0.123 e. The van der Waals surface area contributed by atoms with Crippen molar-refractivity contribution < 1.29 is 9.84 Å². The van der Waals surface area contributed by atoms with Crippen molar-refractivity contribution in [3.05, 3.63) is 65.2 Å². The van der Waals surface area contributed by atoms with Crippen LogP contribution in [0.2, 0.25) is 0 Å². The lowest BCUT2D eigenvalue weighted by atomic mass is 9.78. The summed E-state index contributed by atoms with van der Waals surface area (Å²) in [5.41, 5.74) is 3.98. The van der Waals surface area contributed by atoms with Crippen molar-refractivity contribution in [1.82, 2.24) is 0 Å². The van der Waals surface area contributed by atoms with E-state index in [-0.39, 0.29) is 11.5 Å². The summed E-state index contributed by atoms with van der Waals surface area (Å²) in [6.07, 6.45) is 11.4. The predicted molar refractivity (Wildman–Crippen MR) is 131 cm³/mol. The molecule has 0 bridgehead atoms. The van der Waals surface area contributed by atoms with Crippen LogP contribution < -0.4 is 4.74 Å². The van der Waals surface area contributed by atoms with Crippen LogP contribution in [0.5, 0.6) is 5.75 Å². The molecule has 1 fully saturated rings. The van der Waals surface area contributed by atoms with E-state index in [4.69, 9.17) is 4.74 Å². The van der Waals surface area contributed by atoms with Crippen LogP contribution >= 0.6 is 0 Å². The maximum atomic E-state index is 10.4. The first-order valence-corrected chi connectivity index (χ1v) is 12.5. The van der Waals surface area contributed by atoms with Gasteiger partial charge in [-0.2, -0.15) is 0 Å². The molecule has 0 heterocycles. The van der Waals surface area contributed by atoms with Crippen LogP contribution in [0.4, 0.5) is 0 Å². The molecule has 0 radical (unpaired) electrons. The van der Waals surface area contributed by atoms with Crippen LogP contribution in [0.25, 0.3) is 0 Å². The molecule has 2 heteroatoms. The highest BCUT2D eigenvalue weighted by molar-refractivity contribution is 5.43. The van der Waals surface area contributed by atoms with Gasteiger partial charge in [-0.3, -0.25) is 0 Å². The van der Waals surface area contributed by atoms with Gasteiger partial charge in [0.2, 0.25) is 0 Å². The average molecular weight is 423 g/mol. The summed E-state index contributed by atoms with van der Waals surface area (Å²) >= 11 is 0. The van der Waals surface area contributed by atoms with Crippen LogP contribution in [0.15, 0.2) is 48.5 Å². The lowest BCUT2D eigenvalue weighted by molar-refractivity contribution is 0.151. The maximum absolute atomic E-state index is 10.4. The minimum absolute atomic E-state index is 0.139. The number of rotatable bonds is 10. The zero-order chi connectivity index (χ0) is 22.1. The Morgan fingerprint density at radius 2 is 1.74 bits per heavy atom. The van der Waals surface area contributed by atoms with Gasteiger partial charge >= 0.3 is 0 Å². The Labute approximate surface area is 190 Å². The second-order valence-corrected chi connectivity index (χ2v) is 10.1. The third kappa shape index (κ3) is 7.10. The summed E-state index contributed by atoms with van der Waals surface area (Å²) in [5, 5.41) is 10.4. The van der Waals surface area contributed by atoms with Gasteiger partial charge in [-0.15, -0.1) is 0 Å². The minimum Gasteiger partial charge on any atom is -0.489 e. The molecule has 2 atom stereocenters. The molecule has 1 aliphatic rings. The van der Waals surface area contributed by atoms with Gasteiger partial charge in [-0.25, -0.2) is 0 Å². The fraction of sp³-hybridized carbons (Fsp3) is 0.586. The van der Waals surface area contributed by atoms with E-state index in [1.807, 2.05) is 6.07 Å². The molecule has 31 heavy (non-hydrogen) atoms. The van der Waals surface area contributed by atoms with Crippen molar-refractivity contribution in [2.24, 2.45) is 0 Å². The summed E-state index contributed by atoms with van der Waals surface area (Å²) in [6.45, 7) is 7.59. The molecule has 2 nitrogen and oxygen atoms in total. The molecule has 1 N–H and O–H groups in total. The number of unbranched alkanes of at least 4 members (excludes halogenated alkanes) is 3. The SMILES string of the molecule is CCCCCCC(C)(C)c1ccc([C@@H]2CCCC[C@H](O)C2)c(OCc2ccccc2)c1. The number of benzene rings is 2. The molecule has 170 valence electrons. The van der Waals surface area contributed by atoms with E-state index in [2.05, 4.69) is 63.2 Å². The largest absolute Gasteiger partial charge is 0.489 e. The van der Waals surface area contributed by atoms with Crippen LogP contribution in [0, 0.1) is 0 Å². The third-order valence-electron chi connectivity index (χ3n) is 7.02. The van der Waals surface area contributed by atoms with E-state index in [0.717, 1.165) is 31.4 Å². The summed E-state index contributed by atoms with van der Waals surface area (Å²) in [4.78, 5) is 0. The summed E-state index contributed by atoms with van der Waals surface area (Å²) < 4.78 is 6.45. The molecule has 0 aromatic heterocycles. The summed E-state index contributed by atoms with van der Waals surface area (Å²) in [7, 11) is 0. The molecular formula is C29H42O2. The minimum atomic E-state index is -0.191. The number of hydrogen-bond acceptors (Lipinski definition) is 2. The molecule has 2 aromatic carbocycles. The Morgan fingerprint density at radius 3 is 2.52 bits per heavy atom. The van der Waals surface area contributed by atoms with Crippen molar-refractivity contribution >= 4 is 0 Å². The van der Waals surface area contributed by atoms with Gasteiger partial charge in [0, 0.05) is 0 Å². The molecule has 0 unspecified atom stereocenters. The maximum Gasteiger partial charge on any atom is 0.123 e. The van der Waals surface area contributed by atoms with E-state index in [1.165, 1.54) is 55.2 Å².